The van der Waals surface area contributed by atoms with Crippen molar-refractivity contribution in [3.63, 3.8) is 0 Å². The summed E-state index contributed by atoms with van der Waals surface area (Å²) >= 11 is 0. The van der Waals surface area contributed by atoms with E-state index in [-0.39, 0.29) is 6.04 Å². The van der Waals surface area contributed by atoms with E-state index < -0.39 is 6.09 Å². The minimum atomic E-state index is -0.891. The van der Waals surface area contributed by atoms with Crippen LogP contribution in [0.4, 0.5) is 4.79 Å². The van der Waals surface area contributed by atoms with Crippen molar-refractivity contribution in [2.75, 3.05) is 0 Å². The zero-order chi connectivity index (χ0) is 9.19. The Morgan fingerprint density at radius 3 is 2.75 bits per heavy atom. The molecule has 3 heteroatoms. The van der Waals surface area contributed by atoms with Gasteiger partial charge in [-0.25, -0.2) is 4.79 Å². The highest BCUT2D eigenvalue weighted by Gasteiger charge is 2.28. The van der Waals surface area contributed by atoms with Gasteiger partial charge in [-0.3, -0.25) is 0 Å². The summed E-state index contributed by atoms with van der Waals surface area (Å²) in [6, 6.07) is 0.172. The van der Waals surface area contributed by atoms with Crippen LogP contribution in [-0.2, 0) is 0 Å². The van der Waals surface area contributed by atoms with Crippen LogP contribution in [0.5, 0.6) is 0 Å². The molecule has 1 aliphatic rings. The smallest absolute Gasteiger partial charge is 0.404 e. The molecule has 0 heterocycles. The first-order valence-electron chi connectivity index (χ1n) is 4.49. The summed E-state index contributed by atoms with van der Waals surface area (Å²) < 4.78 is 0. The van der Waals surface area contributed by atoms with Crippen LogP contribution in [0.25, 0.3) is 0 Å². The first-order chi connectivity index (χ1) is 5.49. The lowest BCUT2D eigenvalue weighted by atomic mass is 9.75. The molecule has 0 spiro atoms. The Labute approximate surface area is 73.2 Å². The second-order valence-electron chi connectivity index (χ2n) is 4.41. The van der Waals surface area contributed by atoms with Crippen LogP contribution in [0.15, 0.2) is 0 Å². The minimum absolute atomic E-state index is 0.172. The van der Waals surface area contributed by atoms with Crippen molar-refractivity contribution in [2.45, 2.75) is 45.6 Å². The van der Waals surface area contributed by atoms with E-state index in [9.17, 15) is 4.79 Å². The Balaban J connectivity index is 2.41. The lowest BCUT2D eigenvalue weighted by Crippen LogP contribution is -2.39. The van der Waals surface area contributed by atoms with Gasteiger partial charge in [0, 0.05) is 6.04 Å². The first-order valence-corrected chi connectivity index (χ1v) is 4.49. The van der Waals surface area contributed by atoms with Gasteiger partial charge in [-0.15, -0.1) is 0 Å². The van der Waals surface area contributed by atoms with Crippen molar-refractivity contribution >= 4 is 6.09 Å². The normalized spacial score (nSPS) is 28.0. The molecule has 1 atom stereocenters. The molecule has 2 N–H and O–H groups in total. The van der Waals surface area contributed by atoms with Crippen LogP contribution in [0, 0.1) is 5.41 Å². The molecule has 1 saturated carbocycles. The maximum atomic E-state index is 10.4. The maximum Gasteiger partial charge on any atom is 0.404 e. The molecule has 1 amide bonds. The Morgan fingerprint density at radius 2 is 2.25 bits per heavy atom. The van der Waals surface area contributed by atoms with Crippen molar-refractivity contribution < 1.29 is 9.90 Å². The fourth-order valence-electron chi connectivity index (χ4n) is 2.00. The maximum absolute atomic E-state index is 10.4. The standard InChI is InChI=1S/C9H17NO2/c1-9(2)5-3-4-7(6-9)10-8(11)12/h7,10H,3-6H2,1-2H3,(H,11,12)/t7-/m0/s1. The van der Waals surface area contributed by atoms with E-state index >= 15 is 0 Å². The average molecular weight is 171 g/mol. The lowest BCUT2D eigenvalue weighted by molar-refractivity contribution is 0.165. The number of rotatable bonds is 1. The second-order valence-corrected chi connectivity index (χ2v) is 4.41. The van der Waals surface area contributed by atoms with E-state index in [1.807, 2.05) is 0 Å². The van der Waals surface area contributed by atoms with E-state index in [4.69, 9.17) is 5.11 Å². The molecule has 0 aliphatic heterocycles. The van der Waals surface area contributed by atoms with Gasteiger partial charge in [0.15, 0.2) is 0 Å². The van der Waals surface area contributed by atoms with E-state index in [1.165, 1.54) is 6.42 Å². The molecule has 0 radical (unpaired) electrons. The average Bonchev–Trinajstić information content (AvgIpc) is 1.82. The molecule has 0 aromatic rings. The van der Waals surface area contributed by atoms with Crippen molar-refractivity contribution in [3.8, 4) is 0 Å². The van der Waals surface area contributed by atoms with E-state index in [1.54, 1.807) is 0 Å². The van der Waals surface area contributed by atoms with Gasteiger partial charge in [0.2, 0.25) is 0 Å². The highest BCUT2D eigenvalue weighted by molar-refractivity contribution is 5.64. The van der Waals surface area contributed by atoms with Crippen LogP contribution >= 0.6 is 0 Å². The SMILES string of the molecule is CC1(C)CCC[C@H](NC(=O)O)C1. The van der Waals surface area contributed by atoms with Crippen molar-refractivity contribution in [1.29, 1.82) is 0 Å². The molecule has 0 aromatic heterocycles. The summed E-state index contributed by atoms with van der Waals surface area (Å²) in [7, 11) is 0. The molecular formula is C9H17NO2. The largest absolute Gasteiger partial charge is 0.465 e. The van der Waals surface area contributed by atoms with Gasteiger partial charge < -0.3 is 10.4 Å². The van der Waals surface area contributed by atoms with Crippen LogP contribution in [0.3, 0.4) is 0 Å². The van der Waals surface area contributed by atoms with Crippen molar-refractivity contribution in [1.82, 2.24) is 5.32 Å². The van der Waals surface area contributed by atoms with Gasteiger partial charge in [-0.1, -0.05) is 20.3 Å². The highest BCUT2D eigenvalue weighted by Crippen LogP contribution is 2.34. The molecule has 1 fully saturated rings. The second kappa shape index (κ2) is 3.33. The molecule has 0 saturated heterocycles. The third-order valence-corrected chi connectivity index (χ3v) is 2.53. The number of carbonyl (C=O) groups is 1. The summed E-state index contributed by atoms with van der Waals surface area (Å²) in [4.78, 5) is 10.4. The molecule has 70 valence electrons. The van der Waals surface area contributed by atoms with E-state index in [2.05, 4.69) is 19.2 Å². The summed E-state index contributed by atoms with van der Waals surface area (Å²) in [6.07, 6.45) is 3.43. The molecule has 12 heavy (non-hydrogen) atoms. The van der Waals surface area contributed by atoms with Gasteiger partial charge in [0.05, 0.1) is 0 Å². The Morgan fingerprint density at radius 1 is 1.58 bits per heavy atom. The third-order valence-electron chi connectivity index (χ3n) is 2.53. The van der Waals surface area contributed by atoms with Crippen LogP contribution in [-0.4, -0.2) is 17.2 Å². The van der Waals surface area contributed by atoms with E-state index in [0.29, 0.717) is 5.41 Å². The number of nitrogens with one attached hydrogen (secondary N) is 1. The molecule has 0 aromatic carbocycles. The molecule has 0 unspecified atom stereocenters. The minimum Gasteiger partial charge on any atom is -0.465 e. The molecule has 1 aliphatic carbocycles. The molecule has 3 nitrogen and oxygen atoms in total. The van der Waals surface area contributed by atoms with Crippen molar-refractivity contribution in [2.24, 2.45) is 5.41 Å². The van der Waals surface area contributed by atoms with E-state index in [0.717, 1.165) is 19.3 Å². The van der Waals surface area contributed by atoms with Gasteiger partial charge in [0.1, 0.15) is 0 Å². The van der Waals surface area contributed by atoms with Gasteiger partial charge >= 0.3 is 6.09 Å². The number of hydrogen-bond donors (Lipinski definition) is 2. The Hall–Kier alpha value is -0.730. The fourth-order valence-corrected chi connectivity index (χ4v) is 2.00. The zero-order valence-electron chi connectivity index (χ0n) is 7.76. The lowest BCUT2D eigenvalue weighted by Gasteiger charge is -2.34. The quantitative estimate of drug-likeness (QED) is 0.635. The summed E-state index contributed by atoms with van der Waals surface area (Å²) in [5.41, 5.74) is 0.311. The molecule has 0 bridgehead atoms. The predicted molar refractivity (Wildman–Crippen MR) is 47.2 cm³/mol. The van der Waals surface area contributed by atoms with Gasteiger partial charge in [-0.2, -0.15) is 0 Å². The summed E-state index contributed by atoms with van der Waals surface area (Å²) in [5, 5.41) is 11.1. The Kier molecular flexibility index (Phi) is 2.60. The third kappa shape index (κ3) is 2.72. The summed E-state index contributed by atoms with van der Waals surface area (Å²) in [5.74, 6) is 0. The topological polar surface area (TPSA) is 49.3 Å². The summed E-state index contributed by atoms with van der Waals surface area (Å²) in [6.45, 7) is 4.39. The monoisotopic (exact) mass is 171 g/mol. The van der Waals surface area contributed by atoms with Crippen LogP contribution in [0.2, 0.25) is 0 Å². The van der Waals surface area contributed by atoms with Gasteiger partial charge in [-0.05, 0) is 24.7 Å². The first kappa shape index (κ1) is 9.36. The highest BCUT2D eigenvalue weighted by atomic mass is 16.4. The predicted octanol–water partition coefficient (Wildman–Crippen LogP) is 2.22. The number of hydrogen-bond acceptors (Lipinski definition) is 1. The molecular weight excluding hydrogens is 154 g/mol. The fraction of sp³-hybridized carbons (Fsp3) is 0.889. The zero-order valence-corrected chi connectivity index (χ0v) is 7.76. The van der Waals surface area contributed by atoms with Crippen LogP contribution in [0.1, 0.15) is 39.5 Å². The number of carboxylic acid groups (broad SMARTS) is 1. The van der Waals surface area contributed by atoms with Gasteiger partial charge in [0.25, 0.3) is 0 Å². The molecule has 1 rings (SSSR count). The van der Waals surface area contributed by atoms with Crippen LogP contribution < -0.4 is 5.32 Å². The van der Waals surface area contributed by atoms with Crippen molar-refractivity contribution in [3.05, 3.63) is 0 Å². The number of amides is 1. The Bertz CT molecular complexity index is 177.